The zero-order chi connectivity index (χ0) is 12.0. The van der Waals surface area contributed by atoms with E-state index < -0.39 is 6.10 Å². The van der Waals surface area contributed by atoms with E-state index in [1.165, 1.54) is 0 Å². The van der Waals surface area contributed by atoms with E-state index in [1.54, 1.807) is 6.07 Å². The van der Waals surface area contributed by atoms with Crippen LogP contribution in [0, 0.1) is 6.92 Å². The molecule has 0 aliphatic heterocycles. The molecule has 0 aliphatic rings. The van der Waals surface area contributed by atoms with Gasteiger partial charge in [-0.25, -0.2) is 0 Å². The number of ether oxygens (including phenoxy) is 1. The van der Waals surface area contributed by atoms with Crippen molar-refractivity contribution in [3.05, 3.63) is 28.8 Å². The molecular formula is C12H18ClNO2. The third-order valence-electron chi connectivity index (χ3n) is 2.21. The second-order valence-corrected chi connectivity index (χ2v) is 4.12. The summed E-state index contributed by atoms with van der Waals surface area (Å²) in [5, 5.41) is 13.3. The van der Waals surface area contributed by atoms with E-state index >= 15 is 0 Å². The molecule has 1 aromatic carbocycles. The minimum absolute atomic E-state index is 0.272. The van der Waals surface area contributed by atoms with Crippen LogP contribution < -0.4 is 10.1 Å². The van der Waals surface area contributed by atoms with Crippen LogP contribution in [-0.2, 0) is 0 Å². The molecule has 1 atom stereocenters. The van der Waals surface area contributed by atoms with Gasteiger partial charge in [0.05, 0.1) is 0 Å². The Morgan fingerprint density at radius 3 is 2.94 bits per heavy atom. The van der Waals surface area contributed by atoms with Crippen molar-refractivity contribution in [2.45, 2.75) is 20.0 Å². The topological polar surface area (TPSA) is 41.5 Å². The largest absolute Gasteiger partial charge is 0.491 e. The van der Waals surface area contributed by atoms with Crippen molar-refractivity contribution in [3.63, 3.8) is 0 Å². The minimum Gasteiger partial charge on any atom is -0.491 e. The number of hydrogen-bond donors (Lipinski definition) is 2. The maximum atomic E-state index is 9.58. The molecule has 0 bridgehead atoms. The molecule has 16 heavy (non-hydrogen) atoms. The summed E-state index contributed by atoms with van der Waals surface area (Å²) in [5.41, 5.74) is 1.01. The number of halogens is 1. The van der Waals surface area contributed by atoms with Crippen LogP contribution >= 0.6 is 11.6 Å². The second-order valence-electron chi connectivity index (χ2n) is 3.68. The van der Waals surface area contributed by atoms with E-state index in [9.17, 15) is 5.11 Å². The molecule has 0 spiro atoms. The lowest BCUT2D eigenvalue weighted by molar-refractivity contribution is 0.106. The van der Waals surface area contributed by atoms with Gasteiger partial charge in [0, 0.05) is 11.6 Å². The van der Waals surface area contributed by atoms with Gasteiger partial charge in [-0.05, 0) is 31.2 Å². The van der Waals surface area contributed by atoms with Crippen molar-refractivity contribution in [1.29, 1.82) is 0 Å². The van der Waals surface area contributed by atoms with Gasteiger partial charge in [0.1, 0.15) is 18.5 Å². The standard InChI is InChI=1S/C12H18ClNO2/c1-3-14-7-11(15)8-16-12-6-10(13)5-4-9(12)2/h4-6,11,14-15H,3,7-8H2,1-2H3. The Kier molecular flexibility index (Phi) is 5.60. The predicted molar refractivity (Wildman–Crippen MR) is 66.2 cm³/mol. The van der Waals surface area contributed by atoms with Gasteiger partial charge in [0.2, 0.25) is 0 Å². The number of hydrogen-bond acceptors (Lipinski definition) is 3. The number of nitrogens with one attached hydrogen (secondary N) is 1. The molecule has 0 aliphatic carbocycles. The molecular weight excluding hydrogens is 226 g/mol. The van der Waals surface area contributed by atoms with Crippen LogP contribution in [0.1, 0.15) is 12.5 Å². The van der Waals surface area contributed by atoms with Gasteiger partial charge < -0.3 is 15.2 Å². The number of aliphatic hydroxyl groups is 1. The Balaban J connectivity index is 2.44. The Morgan fingerprint density at radius 1 is 1.50 bits per heavy atom. The molecule has 1 aromatic rings. The van der Waals surface area contributed by atoms with Gasteiger partial charge in [0.25, 0.3) is 0 Å². The van der Waals surface area contributed by atoms with Gasteiger partial charge in [0.15, 0.2) is 0 Å². The van der Waals surface area contributed by atoms with Crippen molar-refractivity contribution in [3.8, 4) is 5.75 Å². The van der Waals surface area contributed by atoms with E-state index in [0.717, 1.165) is 17.9 Å². The Labute approximate surface area is 101 Å². The van der Waals surface area contributed by atoms with E-state index in [4.69, 9.17) is 16.3 Å². The van der Waals surface area contributed by atoms with Crippen LogP contribution in [-0.4, -0.2) is 30.9 Å². The van der Waals surface area contributed by atoms with Gasteiger partial charge in [-0.1, -0.05) is 24.6 Å². The fourth-order valence-corrected chi connectivity index (χ4v) is 1.45. The van der Waals surface area contributed by atoms with Crippen molar-refractivity contribution >= 4 is 11.6 Å². The Hall–Kier alpha value is -0.770. The third kappa shape index (κ3) is 4.39. The molecule has 1 unspecified atom stereocenters. The van der Waals surface area contributed by atoms with Crippen molar-refractivity contribution in [2.75, 3.05) is 19.7 Å². The molecule has 4 heteroatoms. The van der Waals surface area contributed by atoms with E-state index in [1.807, 2.05) is 26.0 Å². The minimum atomic E-state index is -0.502. The number of benzene rings is 1. The van der Waals surface area contributed by atoms with Gasteiger partial charge in [-0.3, -0.25) is 0 Å². The maximum absolute atomic E-state index is 9.58. The second kappa shape index (κ2) is 6.74. The SMILES string of the molecule is CCNCC(O)COc1cc(Cl)ccc1C. The van der Waals surface area contributed by atoms with Crippen molar-refractivity contribution in [2.24, 2.45) is 0 Å². The zero-order valence-electron chi connectivity index (χ0n) is 9.66. The number of aryl methyl sites for hydroxylation is 1. The summed E-state index contributed by atoms with van der Waals surface area (Å²) in [7, 11) is 0. The van der Waals surface area contributed by atoms with Crippen LogP contribution in [0.3, 0.4) is 0 Å². The predicted octanol–water partition coefficient (Wildman–Crippen LogP) is 2.00. The lowest BCUT2D eigenvalue weighted by Gasteiger charge is -2.14. The first kappa shape index (κ1) is 13.3. The van der Waals surface area contributed by atoms with Crippen LogP contribution in [0.25, 0.3) is 0 Å². The monoisotopic (exact) mass is 243 g/mol. The molecule has 0 amide bonds. The average molecular weight is 244 g/mol. The fourth-order valence-electron chi connectivity index (χ4n) is 1.29. The number of rotatable bonds is 6. The summed E-state index contributed by atoms with van der Waals surface area (Å²) in [5.74, 6) is 0.725. The van der Waals surface area contributed by atoms with Crippen LogP contribution in [0.4, 0.5) is 0 Å². The summed E-state index contributed by atoms with van der Waals surface area (Å²) in [6.45, 7) is 5.59. The molecule has 90 valence electrons. The fraction of sp³-hybridized carbons (Fsp3) is 0.500. The lowest BCUT2D eigenvalue weighted by Crippen LogP contribution is -2.31. The van der Waals surface area contributed by atoms with Crippen LogP contribution in [0.5, 0.6) is 5.75 Å². The molecule has 2 N–H and O–H groups in total. The van der Waals surface area contributed by atoms with E-state index in [-0.39, 0.29) is 6.61 Å². The van der Waals surface area contributed by atoms with Crippen molar-refractivity contribution in [1.82, 2.24) is 5.32 Å². The first-order valence-electron chi connectivity index (χ1n) is 5.41. The number of aliphatic hydroxyl groups excluding tert-OH is 1. The molecule has 0 aromatic heterocycles. The first-order chi connectivity index (χ1) is 7.63. The molecule has 0 saturated heterocycles. The highest BCUT2D eigenvalue weighted by Gasteiger charge is 2.06. The zero-order valence-corrected chi connectivity index (χ0v) is 10.4. The van der Waals surface area contributed by atoms with Gasteiger partial charge in [-0.2, -0.15) is 0 Å². The summed E-state index contributed by atoms with van der Waals surface area (Å²) in [4.78, 5) is 0. The quantitative estimate of drug-likeness (QED) is 0.803. The normalized spacial score (nSPS) is 12.5. The summed E-state index contributed by atoms with van der Waals surface area (Å²) < 4.78 is 5.50. The van der Waals surface area contributed by atoms with Gasteiger partial charge >= 0.3 is 0 Å². The summed E-state index contributed by atoms with van der Waals surface area (Å²) in [6, 6.07) is 5.48. The van der Waals surface area contributed by atoms with E-state index in [2.05, 4.69) is 5.32 Å². The Bertz CT molecular complexity index is 331. The maximum Gasteiger partial charge on any atom is 0.123 e. The molecule has 1 rings (SSSR count). The summed E-state index contributed by atoms with van der Waals surface area (Å²) in [6.07, 6.45) is -0.502. The lowest BCUT2D eigenvalue weighted by atomic mass is 10.2. The highest BCUT2D eigenvalue weighted by molar-refractivity contribution is 6.30. The molecule has 3 nitrogen and oxygen atoms in total. The molecule has 0 saturated carbocycles. The van der Waals surface area contributed by atoms with Crippen LogP contribution in [0.2, 0.25) is 5.02 Å². The highest BCUT2D eigenvalue weighted by Crippen LogP contribution is 2.22. The van der Waals surface area contributed by atoms with E-state index in [0.29, 0.717) is 11.6 Å². The summed E-state index contributed by atoms with van der Waals surface area (Å²) >= 11 is 5.86. The third-order valence-corrected chi connectivity index (χ3v) is 2.45. The average Bonchev–Trinajstić information content (AvgIpc) is 2.27. The molecule has 0 heterocycles. The molecule has 0 fully saturated rings. The first-order valence-corrected chi connectivity index (χ1v) is 5.79. The number of likely N-dealkylation sites (N-methyl/N-ethyl adjacent to an activating group) is 1. The smallest absolute Gasteiger partial charge is 0.123 e. The Morgan fingerprint density at radius 2 is 2.25 bits per heavy atom. The van der Waals surface area contributed by atoms with Crippen LogP contribution in [0.15, 0.2) is 18.2 Å². The van der Waals surface area contributed by atoms with Crippen molar-refractivity contribution < 1.29 is 9.84 Å². The molecule has 0 radical (unpaired) electrons. The van der Waals surface area contributed by atoms with Gasteiger partial charge in [-0.15, -0.1) is 0 Å². The highest BCUT2D eigenvalue weighted by atomic mass is 35.5.